The number of hydrogen-bond donors (Lipinski definition) is 1. The summed E-state index contributed by atoms with van der Waals surface area (Å²) in [6.45, 7) is 0.0447. The van der Waals surface area contributed by atoms with E-state index in [0.717, 1.165) is 22.9 Å². The van der Waals surface area contributed by atoms with Crippen molar-refractivity contribution < 1.29 is 35.5 Å². The highest BCUT2D eigenvalue weighted by atomic mass is 32.1. The molecule has 5 nitrogen and oxygen atoms in total. The lowest BCUT2D eigenvalue weighted by Gasteiger charge is -2.20. The van der Waals surface area contributed by atoms with E-state index in [-0.39, 0.29) is 17.2 Å². The lowest BCUT2D eigenvalue weighted by Crippen LogP contribution is -2.32. The number of amides is 1. The third kappa shape index (κ3) is 4.36. The van der Waals surface area contributed by atoms with Gasteiger partial charge >= 0.3 is 12.4 Å². The third-order valence-electron chi connectivity index (χ3n) is 4.94. The fraction of sp³-hybridized carbons (Fsp3) is 0.389. The minimum atomic E-state index is -5.08. The second kappa shape index (κ2) is 7.77. The molecule has 0 spiro atoms. The Kier molecular flexibility index (Phi) is 5.76. The predicted molar refractivity (Wildman–Crippen MR) is 99.7 cm³/mol. The van der Waals surface area contributed by atoms with Crippen LogP contribution in [-0.2, 0) is 24.2 Å². The number of alkyl halides is 6. The highest BCUT2D eigenvalue weighted by Gasteiger charge is 2.45. The molecule has 168 valence electrons. The summed E-state index contributed by atoms with van der Waals surface area (Å²) in [7, 11) is 2.77. The fourth-order valence-electron chi connectivity index (χ4n) is 3.55. The SMILES string of the molecule is CN1C[C@H](c2cc(C(F)(F)F)nn2C)[C@@H](C(=O)Nc2cccc(F)c2C(F)(F)F)C1=S. The lowest BCUT2D eigenvalue weighted by atomic mass is 9.91. The van der Waals surface area contributed by atoms with Crippen molar-refractivity contribution in [1.29, 1.82) is 0 Å². The molecule has 1 N–H and O–H groups in total. The summed E-state index contributed by atoms with van der Waals surface area (Å²) >= 11 is 5.21. The predicted octanol–water partition coefficient (Wildman–Crippen LogP) is 4.21. The number of carbonyl (C=O) groups excluding carboxylic acids is 1. The second-order valence-electron chi connectivity index (χ2n) is 7.03. The number of anilines is 1. The molecule has 0 unspecified atom stereocenters. The molecule has 2 aromatic rings. The van der Waals surface area contributed by atoms with E-state index >= 15 is 0 Å². The number of nitrogens with zero attached hydrogens (tertiary/aromatic N) is 3. The number of likely N-dealkylation sites (tertiary alicyclic amines) is 1. The molecule has 2 atom stereocenters. The summed E-state index contributed by atoms with van der Waals surface area (Å²) in [6, 6.07) is 3.25. The van der Waals surface area contributed by atoms with Crippen molar-refractivity contribution in [2.75, 3.05) is 18.9 Å². The molecule has 13 heteroatoms. The summed E-state index contributed by atoms with van der Waals surface area (Å²) < 4.78 is 93.6. The second-order valence-corrected chi connectivity index (χ2v) is 7.45. The van der Waals surface area contributed by atoms with E-state index in [1.807, 2.05) is 5.32 Å². The highest BCUT2D eigenvalue weighted by molar-refractivity contribution is 7.80. The molecular formula is C18H15F7N4OS. The molecule has 1 amide bonds. The number of benzene rings is 1. The van der Waals surface area contributed by atoms with E-state index in [0.29, 0.717) is 6.07 Å². The molecule has 0 saturated carbocycles. The Morgan fingerprint density at radius 3 is 2.35 bits per heavy atom. The zero-order valence-electron chi connectivity index (χ0n) is 16.0. The molecule has 1 aliphatic rings. The van der Waals surface area contributed by atoms with Gasteiger partial charge in [0.05, 0.1) is 16.6 Å². The van der Waals surface area contributed by atoms with E-state index in [2.05, 4.69) is 5.10 Å². The molecule has 31 heavy (non-hydrogen) atoms. The van der Waals surface area contributed by atoms with Crippen LogP contribution in [0.1, 0.15) is 22.9 Å². The van der Waals surface area contributed by atoms with Crippen molar-refractivity contribution in [1.82, 2.24) is 14.7 Å². The fourth-order valence-corrected chi connectivity index (χ4v) is 3.90. The first-order valence-electron chi connectivity index (χ1n) is 8.74. The molecule has 1 fully saturated rings. The van der Waals surface area contributed by atoms with E-state index in [9.17, 15) is 35.5 Å². The summed E-state index contributed by atoms with van der Waals surface area (Å²) in [5, 5.41) is 5.45. The molecular weight excluding hydrogens is 453 g/mol. The molecule has 1 saturated heterocycles. The maximum absolute atomic E-state index is 13.8. The Balaban J connectivity index is 1.98. The van der Waals surface area contributed by atoms with Gasteiger partial charge in [-0.15, -0.1) is 0 Å². The number of aryl methyl sites for hydroxylation is 1. The Bertz CT molecular complexity index is 1030. The van der Waals surface area contributed by atoms with Gasteiger partial charge in [0.2, 0.25) is 5.91 Å². The van der Waals surface area contributed by atoms with Gasteiger partial charge in [-0.25, -0.2) is 4.39 Å². The van der Waals surface area contributed by atoms with Gasteiger partial charge < -0.3 is 10.2 Å². The number of thiocarbonyl (C=S) groups is 1. The van der Waals surface area contributed by atoms with Crippen LogP contribution in [0.3, 0.4) is 0 Å². The maximum Gasteiger partial charge on any atom is 0.435 e. The molecule has 0 radical (unpaired) electrons. The molecule has 3 rings (SSSR count). The first-order valence-corrected chi connectivity index (χ1v) is 9.15. The first kappa shape index (κ1) is 23.0. The van der Waals surface area contributed by atoms with Crippen molar-refractivity contribution in [2.45, 2.75) is 18.3 Å². The van der Waals surface area contributed by atoms with Crippen LogP contribution in [0.5, 0.6) is 0 Å². The quantitative estimate of drug-likeness (QED) is 0.542. The first-order chi connectivity index (χ1) is 14.2. The number of aromatic nitrogens is 2. The maximum atomic E-state index is 13.8. The third-order valence-corrected chi connectivity index (χ3v) is 5.50. The summed E-state index contributed by atoms with van der Waals surface area (Å²) in [6.07, 6.45) is -9.80. The molecule has 0 bridgehead atoms. The Morgan fingerprint density at radius 2 is 1.81 bits per heavy atom. The monoisotopic (exact) mass is 468 g/mol. The van der Waals surface area contributed by atoms with Crippen molar-refractivity contribution in [3.8, 4) is 0 Å². The number of carbonyl (C=O) groups is 1. The number of nitrogens with one attached hydrogen (secondary N) is 1. The molecule has 1 aromatic heterocycles. The largest absolute Gasteiger partial charge is 0.435 e. The highest BCUT2D eigenvalue weighted by Crippen LogP contribution is 2.40. The normalized spacial score (nSPS) is 19.8. The van der Waals surface area contributed by atoms with E-state index < -0.39 is 52.9 Å². The van der Waals surface area contributed by atoms with Gasteiger partial charge in [0.1, 0.15) is 11.4 Å². The van der Waals surface area contributed by atoms with Crippen LogP contribution in [0.15, 0.2) is 24.3 Å². The van der Waals surface area contributed by atoms with Crippen LogP contribution in [-0.4, -0.2) is 39.2 Å². The van der Waals surface area contributed by atoms with Crippen LogP contribution in [0.4, 0.5) is 36.4 Å². The number of hydrogen-bond acceptors (Lipinski definition) is 3. The standard InChI is InChI=1S/C18H15F7N4OS/c1-28-7-8(11-6-12(17(20,21)22)27-29(11)2)13(16(28)31)15(30)26-10-5-3-4-9(19)14(10)18(23,24)25/h3-6,8,13H,7H2,1-2H3,(H,26,30)/t8-,13+/m1/s1. The van der Waals surface area contributed by atoms with Crippen molar-refractivity contribution in [2.24, 2.45) is 13.0 Å². The van der Waals surface area contributed by atoms with E-state index in [1.165, 1.54) is 19.0 Å². The van der Waals surface area contributed by atoms with Gasteiger partial charge in [0, 0.05) is 32.3 Å². The summed E-state index contributed by atoms with van der Waals surface area (Å²) in [4.78, 5) is 14.4. The average molecular weight is 468 g/mol. The lowest BCUT2D eigenvalue weighted by molar-refractivity contribution is -0.141. The van der Waals surface area contributed by atoms with Crippen LogP contribution in [0, 0.1) is 11.7 Å². The minimum Gasteiger partial charge on any atom is -0.368 e. The van der Waals surface area contributed by atoms with Crippen LogP contribution in [0.25, 0.3) is 0 Å². The van der Waals surface area contributed by atoms with Gasteiger partial charge in [0.15, 0.2) is 5.69 Å². The summed E-state index contributed by atoms with van der Waals surface area (Å²) in [5.41, 5.74) is -3.60. The van der Waals surface area contributed by atoms with Crippen LogP contribution >= 0.6 is 12.2 Å². The van der Waals surface area contributed by atoms with Gasteiger partial charge in [0.25, 0.3) is 0 Å². The van der Waals surface area contributed by atoms with Crippen molar-refractivity contribution in [3.05, 3.63) is 47.0 Å². The molecule has 0 aliphatic carbocycles. The Morgan fingerprint density at radius 1 is 1.16 bits per heavy atom. The molecule has 1 aliphatic heterocycles. The van der Waals surface area contributed by atoms with Gasteiger partial charge in [-0.05, 0) is 18.2 Å². The van der Waals surface area contributed by atoms with Crippen molar-refractivity contribution in [3.63, 3.8) is 0 Å². The Hall–Kier alpha value is -2.70. The van der Waals surface area contributed by atoms with Gasteiger partial charge in [-0.2, -0.15) is 31.4 Å². The summed E-state index contributed by atoms with van der Waals surface area (Å²) in [5.74, 6) is -4.74. The van der Waals surface area contributed by atoms with E-state index in [4.69, 9.17) is 12.2 Å². The van der Waals surface area contributed by atoms with Crippen LogP contribution < -0.4 is 5.32 Å². The van der Waals surface area contributed by atoms with Gasteiger partial charge in [-0.3, -0.25) is 9.48 Å². The van der Waals surface area contributed by atoms with Gasteiger partial charge in [-0.1, -0.05) is 18.3 Å². The molecule has 2 heterocycles. The topological polar surface area (TPSA) is 50.2 Å². The minimum absolute atomic E-state index is 0.0298. The number of rotatable bonds is 3. The zero-order valence-corrected chi connectivity index (χ0v) is 16.8. The van der Waals surface area contributed by atoms with Crippen molar-refractivity contribution >= 4 is 28.8 Å². The number of likely N-dealkylation sites (N-methyl/N-ethyl adjacent to an activating group) is 1. The van der Waals surface area contributed by atoms with E-state index in [1.54, 1.807) is 0 Å². The zero-order chi connectivity index (χ0) is 23.3. The average Bonchev–Trinajstić information content (AvgIpc) is 3.14. The Labute approximate surface area is 176 Å². The smallest absolute Gasteiger partial charge is 0.368 e. The number of halogens is 7. The molecule has 1 aromatic carbocycles. The van der Waals surface area contributed by atoms with Crippen LogP contribution in [0.2, 0.25) is 0 Å².